The van der Waals surface area contributed by atoms with Crippen molar-refractivity contribution in [2.45, 2.75) is 12.3 Å². The maximum atomic E-state index is 13.0. The van der Waals surface area contributed by atoms with E-state index in [2.05, 4.69) is 10.3 Å². The van der Waals surface area contributed by atoms with Gasteiger partial charge in [0.25, 0.3) is 5.91 Å². The van der Waals surface area contributed by atoms with Crippen molar-refractivity contribution in [2.24, 2.45) is 0 Å². The van der Waals surface area contributed by atoms with Crippen molar-refractivity contribution in [1.29, 1.82) is 0 Å². The third-order valence-electron chi connectivity index (χ3n) is 4.65. The maximum absolute atomic E-state index is 13.0. The van der Waals surface area contributed by atoms with Crippen molar-refractivity contribution >= 4 is 50.5 Å². The van der Waals surface area contributed by atoms with E-state index in [9.17, 15) is 9.59 Å². The summed E-state index contributed by atoms with van der Waals surface area (Å²) < 4.78 is 6.49. The van der Waals surface area contributed by atoms with Crippen LogP contribution >= 0.6 is 22.9 Å². The number of rotatable bonds is 3. The Bertz CT molecular complexity index is 1080. The van der Waals surface area contributed by atoms with Crippen molar-refractivity contribution < 1.29 is 14.3 Å². The molecule has 0 aliphatic carbocycles. The molecule has 1 aliphatic rings. The van der Waals surface area contributed by atoms with Crippen molar-refractivity contribution in [3.05, 3.63) is 52.1 Å². The van der Waals surface area contributed by atoms with Crippen molar-refractivity contribution in [1.82, 2.24) is 9.88 Å². The summed E-state index contributed by atoms with van der Waals surface area (Å²) in [5.41, 5.74) is 1.37. The van der Waals surface area contributed by atoms with Crippen LogP contribution in [0.5, 0.6) is 5.75 Å². The van der Waals surface area contributed by atoms with Gasteiger partial charge in [0.1, 0.15) is 5.75 Å². The van der Waals surface area contributed by atoms with Crippen LogP contribution in [0.15, 0.2) is 36.7 Å². The molecule has 6 nitrogen and oxygen atoms in total. The first-order valence-corrected chi connectivity index (χ1v) is 9.96. The van der Waals surface area contributed by atoms with Crippen LogP contribution in [0.2, 0.25) is 5.02 Å². The fourth-order valence-corrected chi connectivity index (χ4v) is 4.50. The number of nitrogens with one attached hydrogen (secondary N) is 1. The van der Waals surface area contributed by atoms with Crippen LogP contribution in [-0.4, -0.2) is 42.4 Å². The van der Waals surface area contributed by atoms with Crippen LogP contribution in [0, 0.1) is 0 Å². The third kappa shape index (κ3) is 3.43. The molecule has 0 bridgehead atoms. The zero-order valence-electron chi connectivity index (χ0n) is 15.4. The molecule has 1 atom stereocenters. The number of aromatic nitrogens is 1. The summed E-state index contributed by atoms with van der Waals surface area (Å²) in [6.07, 6.45) is 3.87. The number of hydrogen-bond donors (Lipinski definition) is 1. The second-order valence-electron chi connectivity index (χ2n) is 6.77. The number of amides is 2. The lowest BCUT2D eigenvalue weighted by molar-refractivity contribution is -0.118. The van der Waals surface area contributed by atoms with Gasteiger partial charge in [-0.05, 0) is 30.7 Å². The molecule has 2 amide bonds. The van der Waals surface area contributed by atoms with Gasteiger partial charge in [-0.1, -0.05) is 11.6 Å². The number of benzene rings is 1. The quantitative estimate of drug-likeness (QED) is 0.697. The molecule has 1 unspecified atom stereocenters. The largest absolute Gasteiger partial charge is 0.493 e. The Hall–Kier alpha value is -2.64. The van der Waals surface area contributed by atoms with Gasteiger partial charge in [-0.3, -0.25) is 14.6 Å². The molecule has 0 fully saturated rings. The van der Waals surface area contributed by atoms with E-state index in [1.54, 1.807) is 50.8 Å². The molecule has 8 heteroatoms. The number of fused-ring (bicyclic) bond motifs is 2. The SMILES string of the molecule is CN(C)C(=O)c1cc2c(NC(=O)C3CCOc4ccc(Cl)cc43)cncc2s1. The molecule has 3 heterocycles. The van der Waals surface area contributed by atoms with Crippen LogP contribution in [0.3, 0.4) is 0 Å². The number of hydrogen-bond acceptors (Lipinski definition) is 5. The third-order valence-corrected chi connectivity index (χ3v) is 5.94. The Balaban J connectivity index is 1.65. The average molecular weight is 416 g/mol. The van der Waals surface area contributed by atoms with Gasteiger partial charge in [0, 0.05) is 36.3 Å². The highest BCUT2D eigenvalue weighted by molar-refractivity contribution is 7.20. The molecule has 4 rings (SSSR count). The number of carbonyl (C=O) groups excluding carboxylic acids is 2. The normalized spacial score (nSPS) is 15.6. The highest BCUT2D eigenvalue weighted by Gasteiger charge is 2.28. The first-order valence-electron chi connectivity index (χ1n) is 8.76. The van der Waals surface area contributed by atoms with E-state index in [-0.39, 0.29) is 17.7 Å². The summed E-state index contributed by atoms with van der Waals surface area (Å²) in [6.45, 7) is 0.467. The Kier molecular flexibility index (Phi) is 4.95. The zero-order valence-corrected chi connectivity index (χ0v) is 16.9. The van der Waals surface area contributed by atoms with Crippen LogP contribution in [0.25, 0.3) is 10.1 Å². The number of carbonyl (C=O) groups is 2. The monoisotopic (exact) mass is 415 g/mol. The molecule has 0 saturated carbocycles. The number of ether oxygens (including phenoxy) is 1. The molecule has 28 heavy (non-hydrogen) atoms. The van der Waals surface area contributed by atoms with Crippen molar-refractivity contribution in [2.75, 3.05) is 26.0 Å². The van der Waals surface area contributed by atoms with E-state index in [0.29, 0.717) is 34.4 Å². The Morgan fingerprint density at radius 3 is 2.89 bits per heavy atom. The predicted octanol–water partition coefficient (Wildman–Crippen LogP) is 4.16. The second-order valence-corrected chi connectivity index (χ2v) is 8.29. The molecular weight excluding hydrogens is 398 g/mol. The van der Waals surface area contributed by atoms with Crippen molar-refractivity contribution in [3.8, 4) is 5.75 Å². The second kappa shape index (κ2) is 7.41. The summed E-state index contributed by atoms with van der Waals surface area (Å²) in [4.78, 5) is 31.6. The number of thiophene rings is 1. The number of nitrogens with zero attached hydrogens (tertiary/aromatic N) is 2. The topological polar surface area (TPSA) is 71.5 Å². The lowest BCUT2D eigenvalue weighted by Crippen LogP contribution is -2.26. The van der Waals surface area contributed by atoms with Crippen LogP contribution in [0.4, 0.5) is 5.69 Å². The van der Waals surface area contributed by atoms with Gasteiger partial charge < -0.3 is 15.0 Å². The Labute approximate surface area is 171 Å². The molecule has 1 aliphatic heterocycles. The summed E-state index contributed by atoms with van der Waals surface area (Å²) in [5, 5.41) is 4.35. The Morgan fingerprint density at radius 2 is 2.11 bits per heavy atom. The van der Waals surface area contributed by atoms with Gasteiger partial charge in [0.05, 0.1) is 34.0 Å². The molecule has 3 aromatic rings. The van der Waals surface area contributed by atoms with Gasteiger partial charge in [0.2, 0.25) is 5.91 Å². The first-order chi connectivity index (χ1) is 13.4. The summed E-state index contributed by atoms with van der Waals surface area (Å²) in [7, 11) is 3.42. The summed E-state index contributed by atoms with van der Waals surface area (Å²) >= 11 is 7.47. The molecule has 2 aromatic heterocycles. The molecule has 0 spiro atoms. The number of anilines is 1. The lowest BCUT2D eigenvalue weighted by Gasteiger charge is -2.25. The standard InChI is InChI=1S/C20H18ClN3O3S/c1-24(2)20(26)17-8-14-15(9-22-10-18(14)28-17)23-19(25)12-5-6-27-16-4-3-11(21)7-13(12)16/h3-4,7-10,12H,5-6H2,1-2H3,(H,23,25). The van der Waals surface area contributed by atoms with E-state index < -0.39 is 0 Å². The minimum Gasteiger partial charge on any atom is -0.493 e. The van der Waals surface area contributed by atoms with Crippen LogP contribution in [0.1, 0.15) is 27.6 Å². The first kappa shape index (κ1) is 18.7. The molecule has 144 valence electrons. The van der Waals surface area contributed by atoms with Gasteiger partial charge >= 0.3 is 0 Å². The Morgan fingerprint density at radius 1 is 1.29 bits per heavy atom. The highest BCUT2D eigenvalue weighted by Crippen LogP contribution is 2.37. The van der Waals surface area contributed by atoms with Crippen molar-refractivity contribution in [3.63, 3.8) is 0 Å². The minimum atomic E-state index is -0.362. The van der Waals surface area contributed by atoms with E-state index in [4.69, 9.17) is 16.3 Å². The van der Waals surface area contributed by atoms with Crippen LogP contribution < -0.4 is 10.1 Å². The van der Waals surface area contributed by atoms with E-state index >= 15 is 0 Å². The fourth-order valence-electron chi connectivity index (χ4n) is 3.24. The average Bonchev–Trinajstić information content (AvgIpc) is 3.12. The van der Waals surface area contributed by atoms with E-state index in [1.165, 1.54) is 16.2 Å². The molecule has 0 radical (unpaired) electrons. The molecule has 1 N–H and O–H groups in total. The predicted molar refractivity (Wildman–Crippen MR) is 111 cm³/mol. The fraction of sp³-hybridized carbons (Fsp3) is 0.250. The molecule has 1 aromatic carbocycles. The maximum Gasteiger partial charge on any atom is 0.263 e. The minimum absolute atomic E-state index is 0.0773. The number of pyridine rings is 1. The van der Waals surface area contributed by atoms with E-state index in [1.807, 2.05) is 0 Å². The zero-order chi connectivity index (χ0) is 19.8. The van der Waals surface area contributed by atoms with Gasteiger partial charge in [-0.2, -0.15) is 0 Å². The molecule has 0 saturated heterocycles. The van der Waals surface area contributed by atoms with E-state index in [0.717, 1.165) is 15.6 Å². The summed E-state index contributed by atoms with van der Waals surface area (Å²) in [5.74, 6) is 0.0973. The van der Waals surface area contributed by atoms with Gasteiger partial charge in [-0.15, -0.1) is 11.3 Å². The highest BCUT2D eigenvalue weighted by atomic mass is 35.5. The lowest BCUT2D eigenvalue weighted by atomic mass is 9.92. The molecular formula is C20H18ClN3O3S. The number of halogens is 1. The van der Waals surface area contributed by atoms with Crippen LogP contribution in [-0.2, 0) is 4.79 Å². The smallest absolute Gasteiger partial charge is 0.263 e. The summed E-state index contributed by atoms with van der Waals surface area (Å²) in [6, 6.07) is 7.11. The van der Waals surface area contributed by atoms with Gasteiger partial charge in [-0.25, -0.2) is 0 Å². The van der Waals surface area contributed by atoms with Gasteiger partial charge in [0.15, 0.2) is 0 Å².